The van der Waals surface area contributed by atoms with Crippen molar-refractivity contribution in [2.45, 2.75) is 47.0 Å². The molecule has 2 unspecified atom stereocenters. The summed E-state index contributed by atoms with van der Waals surface area (Å²) < 4.78 is 0. The minimum absolute atomic E-state index is 0.113. The Balaban J connectivity index is 4.33. The van der Waals surface area contributed by atoms with Crippen LogP contribution in [0.25, 0.3) is 0 Å². The standard InChI is InChI=1S/C13H27NO2/c1-5-7-12(4)13(16)14(8-6-2)9-11(3)10-15/h11-12,15H,5-10H2,1-4H3. The van der Waals surface area contributed by atoms with Crippen LogP contribution >= 0.6 is 0 Å². The number of aliphatic hydroxyl groups is 1. The highest BCUT2D eigenvalue weighted by Crippen LogP contribution is 2.11. The number of aliphatic hydroxyl groups excluding tert-OH is 1. The maximum Gasteiger partial charge on any atom is 0.225 e. The van der Waals surface area contributed by atoms with Crippen LogP contribution < -0.4 is 0 Å². The second-order valence-corrected chi connectivity index (χ2v) is 4.76. The quantitative estimate of drug-likeness (QED) is 0.693. The van der Waals surface area contributed by atoms with E-state index in [0.29, 0.717) is 6.54 Å². The fourth-order valence-corrected chi connectivity index (χ4v) is 1.86. The van der Waals surface area contributed by atoms with Crippen LogP contribution in [0.5, 0.6) is 0 Å². The fourth-order valence-electron chi connectivity index (χ4n) is 1.86. The maximum absolute atomic E-state index is 12.1. The van der Waals surface area contributed by atoms with Gasteiger partial charge in [-0.1, -0.05) is 34.1 Å². The molecule has 2 atom stereocenters. The molecule has 0 rings (SSSR count). The summed E-state index contributed by atoms with van der Waals surface area (Å²) in [5.41, 5.74) is 0. The summed E-state index contributed by atoms with van der Waals surface area (Å²) in [6.07, 6.45) is 2.97. The van der Waals surface area contributed by atoms with E-state index in [1.807, 2.05) is 18.7 Å². The van der Waals surface area contributed by atoms with Crippen LogP contribution in [0.3, 0.4) is 0 Å². The predicted octanol–water partition coefficient (Wildman–Crippen LogP) is 2.29. The molecule has 3 nitrogen and oxygen atoms in total. The second-order valence-electron chi connectivity index (χ2n) is 4.76. The third-order valence-electron chi connectivity index (χ3n) is 2.79. The van der Waals surface area contributed by atoms with Gasteiger partial charge in [-0.15, -0.1) is 0 Å². The van der Waals surface area contributed by atoms with E-state index in [9.17, 15) is 4.79 Å². The average molecular weight is 229 g/mol. The highest BCUT2D eigenvalue weighted by molar-refractivity contribution is 5.78. The van der Waals surface area contributed by atoms with E-state index in [-0.39, 0.29) is 24.3 Å². The van der Waals surface area contributed by atoms with E-state index in [4.69, 9.17) is 5.11 Å². The van der Waals surface area contributed by atoms with E-state index in [2.05, 4.69) is 13.8 Å². The SMILES string of the molecule is CCCC(C)C(=O)N(CCC)CC(C)CO. The molecular weight excluding hydrogens is 202 g/mol. The van der Waals surface area contributed by atoms with Gasteiger partial charge in [0.05, 0.1) is 0 Å². The smallest absolute Gasteiger partial charge is 0.225 e. The molecule has 0 aliphatic rings. The van der Waals surface area contributed by atoms with Gasteiger partial charge in [-0.2, -0.15) is 0 Å². The van der Waals surface area contributed by atoms with Gasteiger partial charge >= 0.3 is 0 Å². The minimum Gasteiger partial charge on any atom is -0.396 e. The van der Waals surface area contributed by atoms with Gasteiger partial charge in [-0.3, -0.25) is 4.79 Å². The zero-order valence-corrected chi connectivity index (χ0v) is 11.2. The van der Waals surface area contributed by atoms with Gasteiger partial charge in [0.2, 0.25) is 5.91 Å². The average Bonchev–Trinajstić information content (AvgIpc) is 2.27. The van der Waals surface area contributed by atoms with Crippen LogP contribution in [0.1, 0.15) is 47.0 Å². The molecular formula is C13H27NO2. The van der Waals surface area contributed by atoms with Gasteiger partial charge in [-0.25, -0.2) is 0 Å². The van der Waals surface area contributed by atoms with Crippen molar-refractivity contribution in [3.8, 4) is 0 Å². The monoisotopic (exact) mass is 229 g/mol. The first-order chi connectivity index (χ1) is 7.56. The molecule has 0 spiro atoms. The zero-order valence-electron chi connectivity index (χ0n) is 11.2. The molecule has 0 aromatic rings. The molecule has 0 saturated carbocycles. The zero-order chi connectivity index (χ0) is 12.6. The summed E-state index contributed by atoms with van der Waals surface area (Å²) in [6.45, 7) is 9.78. The number of carbonyl (C=O) groups excluding carboxylic acids is 1. The van der Waals surface area contributed by atoms with E-state index in [0.717, 1.165) is 25.8 Å². The molecule has 0 aliphatic heterocycles. The van der Waals surface area contributed by atoms with Crippen molar-refractivity contribution in [1.82, 2.24) is 4.90 Å². The van der Waals surface area contributed by atoms with E-state index >= 15 is 0 Å². The van der Waals surface area contributed by atoms with Crippen molar-refractivity contribution in [3.05, 3.63) is 0 Å². The van der Waals surface area contributed by atoms with Gasteiger partial charge < -0.3 is 10.0 Å². The van der Waals surface area contributed by atoms with Crippen molar-refractivity contribution in [2.24, 2.45) is 11.8 Å². The summed E-state index contributed by atoms with van der Waals surface area (Å²) in [5, 5.41) is 9.04. The molecule has 96 valence electrons. The fraction of sp³-hybridized carbons (Fsp3) is 0.923. The highest BCUT2D eigenvalue weighted by atomic mass is 16.3. The Bertz CT molecular complexity index is 194. The van der Waals surface area contributed by atoms with Crippen molar-refractivity contribution >= 4 is 5.91 Å². The number of carbonyl (C=O) groups is 1. The van der Waals surface area contributed by atoms with Crippen molar-refractivity contribution in [1.29, 1.82) is 0 Å². The predicted molar refractivity (Wildman–Crippen MR) is 67.2 cm³/mol. The van der Waals surface area contributed by atoms with Gasteiger partial charge in [0, 0.05) is 25.6 Å². The number of hydrogen-bond acceptors (Lipinski definition) is 2. The number of nitrogens with zero attached hydrogens (tertiary/aromatic N) is 1. The Morgan fingerprint density at radius 2 is 1.88 bits per heavy atom. The summed E-state index contributed by atoms with van der Waals surface area (Å²) >= 11 is 0. The number of hydrogen-bond donors (Lipinski definition) is 1. The van der Waals surface area contributed by atoms with Crippen molar-refractivity contribution < 1.29 is 9.90 Å². The second kappa shape index (κ2) is 8.57. The van der Waals surface area contributed by atoms with Gasteiger partial charge in [0.25, 0.3) is 0 Å². The van der Waals surface area contributed by atoms with Crippen molar-refractivity contribution in [2.75, 3.05) is 19.7 Å². The number of rotatable bonds is 8. The molecule has 0 heterocycles. The molecule has 16 heavy (non-hydrogen) atoms. The summed E-state index contributed by atoms with van der Waals surface area (Å²) in [6, 6.07) is 0. The first-order valence-electron chi connectivity index (χ1n) is 6.46. The van der Waals surface area contributed by atoms with Crippen LogP contribution in [0.15, 0.2) is 0 Å². The lowest BCUT2D eigenvalue weighted by atomic mass is 10.0. The molecule has 0 aromatic carbocycles. The summed E-state index contributed by atoms with van der Waals surface area (Å²) in [4.78, 5) is 14.0. The topological polar surface area (TPSA) is 40.5 Å². The molecule has 3 heteroatoms. The molecule has 0 bridgehead atoms. The molecule has 0 radical (unpaired) electrons. The van der Waals surface area contributed by atoms with Gasteiger partial charge in [0.1, 0.15) is 0 Å². The highest BCUT2D eigenvalue weighted by Gasteiger charge is 2.20. The molecule has 0 aliphatic carbocycles. The van der Waals surface area contributed by atoms with Gasteiger partial charge in [-0.05, 0) is 18.8 Å². The molecule has 0 saturated heterocycles. The lowest BCUT2D eigenvalue weighted by Crippen LogP contribution is -2.39. The van der Waals surface area contributed by atoms with Gasteiger partial charge in [0.15, 0.2) is 0 Å². The molecule has 0 aromatic heterocycles. The Kier molecular flexibility index (Phi) is 8.26. The number of amides is 1. The largest absolute Gasteiger partial charge is 0.396 e. The van der Waals surface area contributed by atoms with Crippen LogP contribution in [0, 0.1) is 11.8 Å². The Hall–Kier alpha value is -0.570. The lowest BCUT2D eigenvalue weighted by molar-refractivity contribution is -0.136. The van der Waals surface area contributed by atoms with E-state index < -0.39 is 0 Å². The lowest BCUT2D eigenvalue weighted by Gasteiger charge is -2.27. The van der Waals surface area contributed by atoms with E-state index in [1.54, 1.807) is 0 Å². The van der Waals surface area contributed by atoms with Crippen molar-refractivity contribution in [3.63, 3.8) is 0 Å². The molecule has 1 N–H and O–H groups in total. The van der Waals surface area contributed by atoms with Crippen LogP contribution in [0.4, 0.5) is 0 Å². The normalized spacial score (nSPS) is 14.6. The summed E-state index contributed by atoms with van der Waals surface area (Å²) in [5.74, 6) is 0.524. The first-order valence-corrected chi connectivity index (χ1v) is 6.46. The summed E-state index contributed by atoms with van der Waals surface area (Å²) in [7, 11) is 0. The Labute approximate surface area is 99.8 Å². The molecule has 1 amide bonds. The van der Waals surface area contributed by atoms with Crippen LogP contribution in [-0.4, -0.2) is 35.6 Å². The van der Waals surface area contributed by atoms with Crippen LogP contribution in [-0.2, 0) is 4.79 Å². The molecule has 0 fully saturated rings. The third kappa shape index (κ3) is 5.50. The van der Waals surface area contributed by atoms with Crippen LogP contribution in [0.2, 0.25) is 0 Å². The Morgan fingerprint density at radius 1 is 1.25 bits per heavy atom. The minimum atomic E-state index is 0.113. The van der Waals surface area contributed by atoms with E-state index in [1.165, 1.54) is 0 Å². The maximum atomic E-state index is 12.1. The Morgan fingerprint density at radius 3 is 2.31 bits per heavy atom. The third-order valence-corrected chi connectivity index (χ3v) is 2.79. The first kappa shape index (κ1) is 15.4.